The van der Waals surface area contributed by atoms with E-state index >= 15 is 0 Å². The van der Waals surface area contributed by atoms with Crippen molar-refractivity contribution in [1.82, 2.24) is 0 Å². The summed E-state index contributed by atoms with van der Waals surface area (Å²) in [5.41, 5.74) is 2.62. The van der Waals surface area contributed by atoms with Gasteiger partial charge in [0.1, 0.15) is 5.75 Å². The molecule has 0 radical (unpaired) electrons. The van der Waals surface area contributed by atoms with E-state index in [1.165, 1.54) is 16.0 Å². The van der Waals surface area contributed by atoms with Gasteiger partial charge in [0.15, 0.2) is 0 Å². The minimum absolute atomic E-state index is 0.803. The van der Waals surface area contributed by atoms with Crippen LogP contribution in [0.2, 0.25) is 0 Å². The van der Waals surface area contributed by atoms with Gasteiger partial charge in [-0.25, -0.2) is 0 Å². The van der Waals surface area contributed by atoms with Gasteiger partial charge in [-0.1, -0.05) is 6.92 Å². The SMILES string of the molecule is CCCOc1cc(C)c(SC)c(C)c1. The van der Waals surface area contributed by atoms with Crippen molar-refractivity contribution in [2.45, 2.75) is 32.1 Å². The van der Waals surface area contributed by atoms with Crippen LogP contribution in [0.25, 0.3) is 0 Å². The zero-order valence-electron chi connectivity index (χ0n) is 9.39. The Morgan fingerprint density at radius 2 is 1.79 bits per heavy atom. The van der Waals surface area contributed by atoms with Gasteiger partial charge in [0, 0.05) is 4.90 Å². The average molecular weight is 210 g/mol. The third kappa shape index (κ3) is 2.68. The zero-order valence-corrected chi connectivity index (χ0v) is 10.2. The van der Waals surface area contributed by atoms with Crippen molar-refractivity contribution in [2.24, 2.45) is 0 Å². The summed E-state index contributed by atoms with van der Waals surface area (Å²) in [5, 5.41) is 0. The van der Waals surface area contributed by atoms with E-state index in [0.29, 0.717) is 0 Å². The standard InChI is InChI=1S/C12H18OS/c1-5-6-13-11-7-9(2)12(14-4)10(3)8-11/h7-8H,5-6H2,1-4H3. The van der Waals surface area contributed by atoms with Gasteiger partial charge in [-0.3, -0.25) is 0 Å². The van der Waals surface area contributed by atoms with Crippen LogP contribution in [-0.2, 0) is 0 Å². The van der Waals surface area contributed by atoms with Crippen molar-refractivity contribution in [3.05, 3.63) is 23.3 Å². The molecule has 0 spiro atoms. The summed E-state index contributed by atoms with van der Waals surface area (Å²) >= 11 is 1.80. The second-order valence-electron chi connectivity index (χ2n) is 3.44. The summed E-state index contributed by atoms with van der Waals surface area (Å²) in [6.45, 7) is 7.20. The predicted molar refractivity (Wildman–Crippen MR) is 63.5 cm³/mol. The first-order chi connectivity index (χ1) is 6.69. The molecule has 1 aromatic rings. The fourth-order valence-electron chi connectivity index (χ4n) is 1.54. The smallest absolute Gasteiger partial charge is 0.119 e. The number of benzene rings is 1. The van der Waals surface area contributed by atoms with Gasteiger partial charge in [-0.05, 0) is 49.8 Å². The monoisotopic (exact) mass is 210 g/mol. The quantitative estimate of drug-likeness (QED) is 0.699. The lowest BCUT2D eigenvalue weighted by atomic mass is 10.1. The van der Waals surface area contributed by atoms with E-state index < -0.39 is 0 Å². The Balaban J connectivity index is 2.90. The van der Waals surface area contributed by atoms with E-state index in [9.17, 15) is 0 Å². The van der Waals surface area contributed by atoms with Gasteiger partial charge in [0.2, 0.25) is 0 Å². The summed E-state index contributed by atoms with van der Waals surface area (Å²) in [6, 6.07) is 4.24. The lowest BCUT2D eigenvalue weighted by molar-refractivity contribution is 0.317. The van der Waals surface area contributed by atoms with Crippen molar-refractivity contribution < 1.29 is 4.74 Å². The Bertz CT molecular complexity index is 284. The molecule has 1 rings (SSSR count). The Hall–Kier alpha value is -0.630. The maximum absolute atomic E-state index is 5.61. The highest BCUT2D eigenvalue weighted by atomic mass is 32.2. The molecule has 14 heavy (non-hydrogen) atoms. The van der Waals surface area contributed by atoms with Crippen LogP contribution in [0.5, 0.6) is 5.75 Å². The molecule has 0 bridgehead atoms. The van der Waals surface area contributed by atoms with Crippen LogP contribution >= 0.6 is 11.8 Å². The van der Waals surface area contributed by atoms with E-state index in [1.54, 1.807) is 11.8 Å². The van der Waals surface area contributed by atoms with Gasteiger partial charge in [0.25, 0.3) is 0 Å². The summed E-state index contributed by atoms with van der Waals surface area (Å²) in [5.74, 6) is 1.000. The van der Waals surface area contributed by atoms with Crippen LogP contribution < -0.4 is 4.74 Å². The number of hydrogen-bond acceptors (Lipinski definition) is 2. The maximum atomic E-state index is 5.61. The average Bonchev–Trinajstić information content (AvgIpc) is 2.14. The maximum Gasteiger partial charge on any atom is 0.119 e. The number of hydrogen-bond donors (Lipinski definition) is 0. The lowest BCUT2D eigenvalue weighted by Crippen LogP contribution is -1.96. The van der Waals surface area contributed by atoms with E-state index in [4.69, 9.17) is 4.74 Å². The minimum atomic E-state index is 0.803. The molecule has 0 unspecified atom stereocenters. The molecule has 0 aliphatic carbocycles. The number of ether oxygens (including phenoxy) is 1. The molecule has 2 heteroatoms. The lowest BCUT2D eigenvalue weighted by Gasteiger charge is -2.11. The van der Waals surface area contributed by atoms with Gasteiger partial charge in [-0.15, -0.1) is 11.8 Å². The Morgan fingerprint density at radius 3 is 2.21 bits per heavy atom. The van der Waals surface area contributed by atoms with Crippen LogP contribution in [0.3, 0.4) is 0 Å². The molecule has 0 heterocycles. The Kier molecular flexibility index (Phi) is 4.33. The molecule has 0 N–H and O–H groups in total. The first-order valence-electron chi connectivity index (χ1n) is 4.97. The molecular formula is C12H18OS. The van der Waals surface area contributed by atoms with Crippen molar-refractivity contribution >= 4 is 11.8 Å². The molecule has 0 aliphatic heterocycles. The molecule has 78 valence electrons. The van der Waals surface area contributed by atoms with E-state index in [0.717, 1.165) is 18.8 Å². The van der Waals surface area contributed by atoms with Crippen LogP contribution in [0.15, 0.2) is 17.0 Å². The molecule has 0 fully saturated rings. The van der Waals surface area contributed by atoms with Gasteiger partial charge < -0.3 is 4.74 Å². The van der Waals surface area contributed by atoms with Crippen LogP contribution in [0, 0.1) is 13.8 Å². The molecule has 0 atom stereocenters. The van der Waals surface area contributed by atoms with E-state index in [-0.39, 0.29) is 0 Å². The molecule has 0 amide bonds. The number of aryl methyl sites for hydroxylation is 2. The topological polar surface area (TPSA) is 9.23 Å². The third-order valence-corrected chi connectivity index (χ3v) is 3.16. The van der Waals surface area contributed by atoms with Crippen molar-refractivity contribution in [2.75, 3.05) is 12.9 Å². The number of thioether (sulfide) groups is 1. The van der Waals surface area contributed by atoms with Crippen LogP contribution in [0.1, 0.15) is 24.5 Å². The highest BCUT2D eigenvalue weighted by Gasteiger charge is 2.04. The molecule has 0 aliphatic rings. The number of rotatable bonds is 4. The largest absolute Gasteiger partial charge is 0.494 e. The summed E-state index contributed by atoms with van der Waals surface area (Å²) < 4.78 is 5.61. The molecule has 1 aromatic carbocycles. The third-order valence-electron chi connectivity index (χ3n) is 2.11. The fourth-order valence-corrected chi connectivity index (χ4v) is 2.30. The normalized spacial score (nSPS) is 10.3. The van der Waals surface area contributed by atoms with E-state index in [1.807, 2.05) is 0 Å². The highest BCUT2D eigenvalue weighted by Crippen LogP contribution is 2.28. The molecular weight excluding hydrogens is 192 g/mol. The van der Waals surface area contributed by atoms with Gasteiger partial charge in [-0.2, -0.15) is 0 Å². The Morgan fingerprint density at radius 1 is 1.21 bits per heavy atom. The first kappa shape index (κ1) is 11.4. The van der Waals surface area contributed by atoms with Crippen molar-refractivity contribution in [3.63, 3.8) is 0 Å². The Labute approximate surface area is 90.9 Å². The van der Waals surface area contributed by atoms with Crippen molar-refractivity contribution in [3.8, 4) is 5.75 Å². The van der Waals surface area contributed by atoms with Crippen LogP contribution in [-0.4, -0.2) is 12.9 Å². The highest BCUT2D eigenvalue weighted by molar-refractivity contribution is 7.98. The summed E-state index contributed by atoms with van der Waals surface area (Å²) in [6.07, 6.45) is 3.17. The van der Waals surface area contributed by atoms with E-state index in [2.05, 4.69) is 39.2 Å². The van der Waals surface area contributed by atoms with Crippen molar-refractivity contribution in [1.29, 1.82) is 0 Å². The molecule has 0 saturated carbocycles. The molecule has 1 nitrogen and oxygen atoms in total. The molecule has 0 saturated heterocycles. The second-order valence-corrected chi connectivity index (χ2v) is 4.26. The summed E-state index contributed by atoms with van der Waals surface area (Å²) in [4.78, 5) is 1.37. The second kappa shape index (κ2) is 5.30. The fraction of sp³-hybridized carbons (Fsp3) is 0.500. The van der Waals surface area contributed by atoms with Crippen LogP contribution in [0.4, 0.5) is 0 Å². The van der Waals surface area contributed by atoms with Gasteiger partial charge >= 0.3 is 0 Å². The predicted octanol–water partition coefficient (Wildman–Crippen LogP) is 3.81. The zero-order chi connectivity index (χ0) is 10.6. The molecule has 0 aromatic heterocycles. The minimum Gasteiger partial charge on any atom is -0.494 e. The first-order valence-corrected chi connectivity index (χ1v) is 6.19. The van der Waals surface area contributed by atoms with Gasteiger partial charge in [0.05, 0.1) is 6.61 Å². The summed E-state index contributed by atoms with van der Waals surface area (Å²) in [7, 11) is 0.